The molecule has 1 aliphatic rings. The van der Waals surface area contributed by atoms with Crippen LogP contribution in [0.15, 0.2) is 24.3 Å². The Hall–Kier alpha value is -1.11. The minimum Gasteiger partial charge on any atom is -0.491 e. The number of aliphatic hydroxyl groups excluding tert-OH is 1. The molecule has 2 unspecified atom stereocenters. The van der Waals surface area contributed by atoms with Crippen LogP contribution in [0, 0.1) is 6.92 Å². The summed E-state index contributed by atoms with van der Waals surface area (Å²) in [7, 11) is -2.88. The van der Waals surface area contributed by atoms with E-state index in [0.717, 1.165) is 11.3 Å². The Kier molecular flexibility index (Phi) is 5.01. The summed E-state index contributed by atoms with van der Waals surface area (Å²) in [6.45, 7) is 2.51. The molecular formula is C14H21NO4S. The topological polar surface area (TPSA) is 75.6 Å². The Labute approximate surface area is 119 Å². The standard InChI is InChI=1S/C14H21NO4S/c1-11-3-2-4-14(7-11)19-9-13(16)8-15-12-5-6-20(17,18)10-12/h2-4,7,12-13,15-16H,5-6,8-10H2,1H3. The highest BCUT2D eigenvalue weighted by Crippen LogP contribution is 2.13. The number of ether oxygens (including phenoxy) is 1. The van der Waals surface area contributed by atoms with Gasteiger partial charge in [-0.25, -0.2) is 8.42 Å². The molecule has 0 radical (unpaired) electrons. The first-order chi connectivity index (χ1) is 9.44. The molecule has 112 valence electrons. The molecule has 0 saturated carbocycles. The van der Waals surface area contributed by atoms with E-state index in [1.807, 2.05) is 31.2 Å². The maximum Gasteiger partial charge on any atom is 0.151 e. The van der Waals surface area contributed by atoms with Gasteiger partial charge < -0.3 is 15.2 Å². The molecule has 1 aliphatic heterocycles. The van der Waals surface area contributed by atoms with Crippen LogP contribution in [0.1, 0.15) is 12.0 Å². The van der Waals surface area contributed by atoms with E-state index < -0.39 is 15.9 Å². The van der Waals surface area contributed by atoms with Crippen LogP contribution < -0.4 is 10.1 Å². The Balaban J connectivity index is 1.69. The highest BCUT2D eigenvalue weighted by molar-refractivity contribution is 7.91. The third-order valence-corrected chi connectivity index (χ3v) is 5.07. The van der Waals surface area contributed by atoms with Crippen molar-refractivity contribution in [3.8, 4) is 5.75 Å². The highest BCUT2D eigenvalue weighted by Gasteiger charge is 2.27. The Morgan fingerprint density at radius 1 is 1.50 bits per heavy atom. The summed E-state index contributed by atoms with van der Waals surface area (Å²) in [4.78, 5) is 0. The number of hydrogen-bond acceptors (Lipinski definition) is 5. The first-order valence-electron chi connectivity index (χ1n) is 6.76. The van der Waals surface area contributed by atoms with E-state index in [-0.39, 0.29) is 24.2 Å². The van der Waals surface area contributed by atoms with Crippen molar-refractivity contribution in [1.29, 1.82) is 0 Å². The van der Waals surface area contributed by atoms with Crippen molar-refractivity contribution in [3.05, 3.63) is 29.8 Å². The lowest BCUT2D eigenvalue weighted by molar-refractivity contribution is 0.104. The van der Waals surface area contributed by atoms with E-state index in [0.29, 0.717) is 13.0 Å². The predicted octanol–water partition coefficient (Wildman–Crippen LogP) is 0.511. The molecule has 2 N–H and O–H groups in total. The number of hydrogen-bond donors (Lipinski definition) is 2. The lowest BCUT2D eigenvalue weighted by Gasteiger charge is -2.16. The number of aliphatic hydroxyl groups is 1. The van der Waals surface area contributed by atoms with Gasteiger partial charge >= 0.3 is 0 Å². The lowest BCUT2D eigenvalue weighted by Crippen LogP contribution is -2.38. The van der Waals surface area contributed by atoms with Crippen molar-refractivity contribution in [3.63, 3.8) is 0 Å². The van der Waals surface area contributed by atoms with E-state index in [1.165, 1.54) is 0 Å². The Bertz CT molecular complexity index is 544. The number of rotatable bonds is 6. The molecular weight excluding hydrogens is 278 g/mol. The Morgan fingerprint density at radius 3 is 2.95 bits per heavy atom. The van der Waals surface area contributed by atoms with E-state index in [2.05, 4.69) is 5.32 Å². The molecule has 2 atom stereocenters. The second-order valence-corrected chi connectivity index (χ2v) is 7.52. The monoisotopic (exact) mass is 299 g/mol. The van der Waals surface area contributed by atoms with Gasteiger partial charge in [0.05, 0.1) is 11.5 Å². The number of sulfone groups is 1. The molecule has 6 heteroatoms. The van der Waals surface area contributed by atoms with Gasteiger partial charge in [-0.2, -0.15) is 0 Å². The molecule has 0 aliphatic carbocycles. The van der Waals surface area contributed by atoms with Crippen LogP contribution in [0.4, 0.5) is 0 Å². The maximum absolute atomic E-state index is 11.3. The van der Waals surface area contributed by atoms with Crippen LogP contribution in [0.5, 0.6) is 5.75 Å². The second-order valence-electron chi connectivity index (χ2n) is 5.29. The van der Waals surface area contributed by atoms with E-state index in [9.17, 15) is 13.5 Å². The van der Waals surface area contributed by atoms with Crippen LogP contribution >= 0.6 is 0 Å². The first-order valence-corrected chi connectivity index (χ1v) is 8.58. The largest absolute Gasteiger partial charge is 0.491 e. The van der Waals surface area contributed by atoms with E-state index in [1.54, 1.807) is 0 Å². The molecule has 0 bridgehead atoms. The fourth-order valence-corrected chi connectivity index (χ4v) is 3.92. The minimum atomic E-state index is -2.88. The van der Waals surface area contributed by atoms with Crippen molar-refractivity contribution < 1.29 is 18.3 Å². The predicted molar refractivity (Wildman–Crippen MR) is 77.7 cm³/mol. The van der Waals surface area contributed by atoms with Gasteiger partial charge in [-0.1, -0.05) is 12.1 Å². The van der Waals surface area contributed by atoms with Crippen molar-refractivity contribution >= 4 is 9.84 Å². The Morgan fingerprint density at radius 2 is 2.30 bits per heavy atom. The van der Waals surface area contributed by atoms with Crippen LogP contribution in [0.3, 0.4) is 0 Å². The van der Waals surface area contributed by atoms with Crippen LogP contribution in [-0.4, -0.2) is 50.3 Å². The summed E-state index contributed by atoms with van der Waals surface area (Å²) < 4.78 is 28.1. The molecule has 20 heavy (non-hydrogen) atoms. The van der Waals surface area contributed by atoms with Crippen LogP contribution in [0.25, 0.3) is 0 Å². The second kappa shape index (κ2) is 6.56. The molecule has 2 rings (SSSR count). The van der Waals surface area contributed by atoms with Crippen molar-refractivity contribution in [2.24, 2.45) is 0 Å². The van der Waals surface area contributed by atoms with E-state index in [4.69, 9.17) is 4.74 Å². The molecule has 1 aromatic rings. The summed E-state index contributed by atoms with van der Waals surface area (Å²) in [6.07, 6.45) is -0.0350. The molecule has 0 spiro atoms. The van der Waals surface area contributed by atoms with Gasteiger partial charge in [-0.15, -0.1) is 0 Å². The fourth-order valence-electron chi connectivity index (χ4n) is 2.22. The number of aryl methyl sites for hydroxylation is 1. The maximum atomic E-state index is 11.3. The average molecular weight is 299 g/mol. The van der Waals surface area contributed by atoms with Crippen LogP contribution in [-0.2, 0) is 9.84 Å². The molecule has 1 aromatic carbocycles. The number of nitrogens with one attached hydrogen (secondary N) is 1. The third-order valence-electron chi connectivity index (χ3n) is 3.31. The quantitative estimate of drug-likeness (QED) is 0.800. The summed E-state index contributed by atoms with van der Waals surface area (Å²) in [5, 5.41) is 12.9. The smallest absolute Gasteiger partial charge is 0.151 e. The molecule has 0 aromatic heterocycles. The van der Waals surface area contributed by atoms with Crippen LogP contribution in [0.2, 0.25) is 0 Å². The van der Waals surface area contributed by atoms with Gasteiger partial charge in [0, 0.05) is 12.6 Å². The summed E-state index contributed by atoms with van der Waals surface area (Å²) >= 11 is 0. The molecule has 0 amide bonds. The molecule has 1 heterocycles. The summed E-state index contributed by atoms with van der Waals surface area (Å²) in [5.41, 5.74) is 1.10. The minimum absolute atomic E-state index is 0.0476. The molecule has 1 saturated heterocycles. The zero-order valence-electron chi connectivity index (χ0n) is 11.6. The number of benzene rings is 1. The van der Waals surface area contributed by atoms with Crippen molar-refractivity contribution in [2.75, 3.05) is 24.7 Å². The van der Waals surface area contributed by atoms with Gasteiger partial charge in [0.25, 0.3) is 0 Å². The summed E-state index contributed by atoms with van der Waals surface area (Å²) in [5.74, 6) is 1.13. The third kappa shape index (κ3) is 4.77. The first kappa shape index (κ1) is 15.3. The zero-order valence-corrected chi connectivity index (χ0v) is 12.4. The van der Waals surface area contributed by atoms with Gasteiger partial charge in [0.15, 0.2) is 9.84 Å². The van der Waals surface area contributed by atoms with Crippen molar-refractivity contribution in [1.82, 2.24) is 5.32 Å². The van der Waals surface area contributed by atoms with Gasteiger partial charge in [0.1, 0.15) is 18.5 Å². The lowest BCUT2D eigenvalue weighted by atomic mass is 10.2. The van der Waals surface area contributed by atoms with Gasteiger partial charge in [-0.05, 0) is 31.0 Å². The average Bonchev–Trinajstić information content (AvgIpc) is 2.74. The normalized spacial score (nSPS) is 22.6. The molecule has 1 fully saturated rings. The van der Waals surface area contributed by atoms with Gasteiger partial charge in [-0.3, -0.25) is 0 Å². The highest BCUT2D eigenvalue weighted by atomic mass is 32.2. The SMILES string of the molecule is Cc1cccc(OCC(O)CNC2CCS(=O)(=O)C2)c1. The molecule has 5 nitrogen and oxygen atoms in total. The van der Waals surface area contributed by atoms with Crippen molar-refractivity contribution in [2.45, 2.75) is 25.5 Å². The van der Waals surface area contributed by atoms with E-state index >= 15 is 0 Å². The van der Waals surface area contributed by atoms with Gasteiger partial charge in [0.2, 0.25) is 0 Å². The summed E-state index contributed by atoms with van der Waals surface area (Å²) in [6, 6.07) is 7.58. The zero-order chi connectivity index (χ0) is 14.6. The fraction of sp³-hybridized carbons (Fsp3) is 0.571.